The van der Waals surface area contributed by atoms with Crippen LogP contribution in [0.4, 0.5) is 0 Å². The van der Waals surface area contributed by atoms with Gasteiger partial charge in [0.2, 0.25) is 0 Å². The summed E-state index contributed by atoms with van der Waals surface area (Å²) in [5.41, 5.74) is 6.92. The molecule has 0 unspecified atom stereocenters. The first-order valence-corrected chi connectivity index (χ1v) is 11.3. The summed E-state index contributed by atoms with van der Waals surface area (Å²) >= 11 is 0. The van der Waals surface area contributed by atoms with Crippen molar-refractivity contribution in [1.82, 2.24) is 30.9 Å². The van der Waals surface area contributed by atoms with Gasteiger partial charge in [0.25, 0.3) is 0 Å². The molecule has 3 aromatic heterocycles. The zero-order valence-corrected chi connectivity index (χ0v) is 18.7. The minimum Gasteiger partial charge on any atom is -0.307 e. The third kappa shape index (κ3) is 7.88. The molecule has 168 valence electrons. The smallest absolute Gasteiger partial charge is 0.0541 e. The van der Waals surface area contributed by atoms with Crippen molar-refractivity contribution < 1.29 is 0 Å². The molecular weight excluding hydrogens is 408 g/mol. The third-order valence-corrected chi connectivity index (χ3v) is 5.20. The zero-order valence-electron chi connectivity index (χ0n) is 18.7. The predicted octanol–water partition coefficient (Wildman–Crippen LogP) is 3.74. The second-order valence-electron chi connectivity index (χ2n) is 7.93. The van der Waals surface area contributed by atoms with E-state index in [1.807, 2.05) is 73.2 Å². The van der Waals surface area contributed by atoms with Crippen LogP contribution < -0.4 is 16.0 Å². The number of hydrogen-bond donors (Lipinski definition) is 3. The first-order chi connectivity index (χ1) is 16.3. The van der Waals surface area contributed by atoms with E-state index in [1.165, 1.54) is 16.7 Å². The summed E-state index contributed by atoms with van der Waals surface area (Å²) in [6.07, 6.45) is 5.49. The van der Waals surface area contributed by atoms with Gasteiger partial charge in [-0.1, -0.05) is 36.4 Å². The van der Waals surface area contributed by atoms with E-state index in [2.05, 4.69) is 49.1 Å². The standard InChI is InChI=1S/C27H30N6/c1-4-10-31-25(7-1)19-28-16-22-13-23(17-29-20-26-8-2-5-11-32-26)15-24(14-22)18-30-21-27-9-3-6-12-33-27/h1-15,28-30H,16-21H2. The summed E-state index contributed by atoms with van der Waals surface area (Å²) in [5.74, 6) is 0. The molecule has 0 bridgehead atoms. The molecule has 0 aliphatic carbocycles. The lowest BCUT2D eigenvalue weighted by Gasteiger charge is -2.12. The Labute approximate surface area is 195 Å². The van der Waals surface area contributed by atoms with Crippen molar-refractivity contribution in [3.63, 3.8) is 0 Å². The van der Waals surface area contributed by atoms with Crippen LogP contribution in [-0.4, -0.2) is 15.0 Å². The molecule has 1 aromatic carbocycles. The number of nitrogens with one attached hydrogen (secondary N) is 3. The van der Waals surface area contributed by atoms with Gasteiger partial charge in [-0.3, -0.25) is 15.0 Å². The highest BCUT2D eigenvalue weighted by atomic mass is 14.9. The second-order valence-corrected chi connectivity index (χ2v) is 7.93. The van der Waals surface area contributed by atoms with Gasteiger partial charge in [-0.15, -0.1) is 0 Å². The predicted molar refractivity (Wildman–Crippen MR) is 131 cm³/mol. The molecule has 0 spiro atoms. The lowest BCUT2D eigenvalue weighted by Crippen LogP contribution is -2.18. The van der Waals surface area contributed by atoms with Crippen LogP contribution in [0.1, 0.15) is 33.8 Å². The molecule has 0 saturated heterocycles. The number of hydrogen-bond acceptors (Lipinski definition) is 6. The Morgan fingerprint density at radius 3 is 1.03 bits per heavy atom. The molecule has 0 fully saturated rings. The lowest BCUT2D eigenvalue weighted by atomic mass is 10.0. The Morgan fingerprint density at radius 2 is 0.758 bits per heavy atom. The number of rotatable bonds is 12. The minimum atomic E-state index is 0.746. The summed E-state index contributed by atoms with van der Waals surface area (Å²) in [5, 5.41) is 10.5. The molecule has 6 nitrogen and oxygen atoms in total. The Kier molecular flexibility index (Phi) is 8.65. The summed E-state index contributed by atoms with van der Waals surface area (Å²) in [7, 11) is 0. The van der Waals surface area contributed by atoms with Crippen LogP contribution in [-0.2, 0) is 39.3 Å². The maximum atomic E-state index is 4.39. The highest BCUT2D eigenvalue weighted by molar-refractivity contribution is 5.30. The van der Waals surface area contributed by atoms with Crippen molar-refractivity contribution >= 4 is 0 Å². The van der Waals surface area contributed by atoms with Gasteiger partial charge in [-0.05, 0) is 53.1 Å². The van der Waals surface area contributed by atoms with Gasteiger partial charge in [0, 0.05) is 57.9 Å². The van der Waals surface area contributed by atoms with Gasteiger partial charge in [0.1, 0.15) is 0 Å². The molecule has 6 heteroatoms. The quantitative estimate of drug-likeness (QED) is 0.313. The molecule has 33 heavy (non-hydrogen) atoms. The van der Waals surface area contributed by atoms with Crippen LogP contribution in [0.15, 0.2) is 91.4 Å². The number of benzene rings is 1. The highest BCUT2D eigenvalue weighted by Crippen LogP contribution is 2.12. The number of aromatic nitrogens is 3. The molecule has 3 heterocycles. The molecule has 0 radical (unpaired) electrons. The minimum absolute atomic E-state index is 0.746. The van der Waals surface area contributed by atoms with Crippen molar-refractivity contribution in [1.29, 1.82) is 0 Å². The maximum Gasteiger partial charge on any atom is 0.0541 e. The summed E-state index contributed by atoms with van der Waals surface area (Å²) in [6, 6.07) is 24.8. The van der Waals surface area contributed by atoms with E-state index in [4.69, 9.17) is 0 Å². The molecule has 0 atom stereocenters. The van der Waals surface area contributed by atoms with Crippen molar-refractivity contribution in [2.45, 2.75) is 39.3 Å². The summed E-state index contributed by atoms with van der Waals surface area (Å²) in [4.78, 5) is 13.2. The largest absolute Gasteiger partial charge is 0.307 e. The van der Waals surface area contributed by atoms with E-state index in [0.717, 1.165) is 56.4 Å². The van der Waals surface area contributed by atoms with Gasteiger partial charge >= 0.3 is 0 Å². The summed E-state index contributed by atoms with van der Waals surface area (Å²) in [6.45, 7) is 4.61. The molecule has 4 aromatic rings. The average molecular weight is 439 g/mol. The second kappa shape index (κ2) is 12.6. The molecule has 0 saturated carbocycles. The molecule has 0 aliphatic heterocycles. The van der Waals surface area contributed by atoms with Crippen molar-refractivity contribution in [3.8, 4) is 0 Å². The van der Waals surface area contributed by atoms with E-state index in [0.29, 0.717) is 0 Å². The van der Waals surface area contributed by atoms with Crippen LogP contribution in [0, 0.1) is 0 Å². The first kappa shape index (κ1) is 22.7. The fourth-order valence-corrected chi connectivity index (χ4v) is 3.66. The molecule has 0 amide bonds. The SMILES string of the molecule is c1ccc(CNCc2cc(CNCc3ccccn3)cc(CNCc3ccccn3)c2)nc1. The fraction of sp³-hybridized carbons (Fsp3) is 0.222. The maximum absolute atomic E-state index is 4.39. The monoisotopic (exact) mass is 438 g/mol. The molecule has 4 rings (SSSR count). The van der Waals surface area contributed by atoms with Crippen molar-refractivity contribution in [2.75, 3.05) is 0 Å². The molecule has 0 aliphatic rings. The van der Waals surface area contributed by atoms with Gasteiger partial charge in [0.05, 0.1) is 17.1 Å². The Bertz CT molecular complexity index is 933. The van der Waals surface area contributed by atoms with Gasteiger partial charge in [0.15, 0.2) is 0 Å². The average Bonchev–Trinajstić information content (AvgIpc) is 2.86. The Balaban J connectivity index is 1.37. The highest BCUT2D eigenvalue weighted by Gasteiger charge is 2.04. The van der Waals surface area contributed by atoms with Crippen LogP contribution in [0.2, 0.25) is 0 Å². The number of nitrogens with zero attached hydrogens (tertiary/aromatic N) is 3. The van der Waals surface area contributed by atoms with Crippen LogP contribution in [0.25, 0.3) is 0 Å². The van der Waals surface area contributed by atoms with E-state index < -0.39 is 0 Å². The van der Waals surface area contributed by atoms with Crippen LogP contribution >= 0.6 is 0 Å². The van der Waals surface area contributed by atoms with Crippen LogP contribution in [0.5, 0.6) is 0 Å². The lowest BCUT2D eigenvalue weighted by molar-refractivity contribution is 0.657. The van der Waals surface area contributed by atoms with E-state index >= 15 is 0 Å². The van der Waals surface area contributed by atoms with E-state index in [1.54, 1.807) is 0 Å². The Morgan fingerprint density at radius 1 is 0.424 bits per heavy atom. The van der Waals surface area contributed by atoms with Crippen molar-refractivity contribution in [3.05, 3.63) is 125 Å². The van der Waals surface area contributed by atoms with Crippen molar-refractivity contribution in [2.24, 2.45) is 0 Å². The molecule has 3 N–H and O–H groups in total. The normalized spacial score (nSPS) is 10.9. The van der Waals surface area contributed by atoms with Gasteiger partial charge < -0.3 is 16.0 Å². The fourth-order valence-electron chi connectivity index (χ4n) is 3.66. The number of pyridine rings is 3. The van der Waals surface area contributed by atoms with Gasteiger partial charge in [-0.2, -0.15) is 0 Å². The van der Waals surface area contributed by atoms with Crippen LogP contribution in [0.3, 0.4) is 0 Å². The molecular formula is C27H30N6. The summed E-state index contributed by atoms with van der Waals surface area (Å²) < 4.78 is 0. The van der Waals surface area contributed by atoms with Gasteiger partial charge in [-0.25, -0.2) is 0 Å². The third-order valence-electron chi connectivity index (χ3n) is 5.20. The topological polar surface area (TPSA) is 74.8 Å². The zero-order chi connectivity index (χ0) is 22.6. The van der Waals surface area contributed by atoms with E-state index in [9.17, 15) is 0 Å². The first-order valence-electron chi connectivity index (χ1n) is 11.3. The van der Waals surface area contributed by atoms with E-state index in [-0.39, 0.29) is 0 Å². The Hall–Kier alpha value is -3.45.